The van der Waals surface area contributed by atoms with Gasteiger partial charge in [0, 0.05) is 22.8 Å². The van der Waals surface area contributed by atoms with Crippen LogP contribution >= 0.6 is 15.9 Å². The number of hydrogen-bond acceptors (Lipinski definition) is 3. The summed E-state index contributed by atoms with van der Waals surface area (Å²) in [5.74, 6) is -1.04. The normalized spacial score (nSPS) is 10.8. The molecule has 2 rings (SSSR count). The van der Waals surface area contributed by atoms with E-state index in [4.69, 9.17) is 5.11 Å². The summed E-state index contributed by atoms with van der Waals surface area (Å²) in [6.07, 6.45) is 3.58. The molecule has 0 saturated carbocycles. The summed E-state index contributed by atoms with van der Waals surface area (Å²) in [6.45, 7) is 2.07. The zero-order valence-electron chi connectivity index (χ0n) is 11.7. The van der Waals surface area contributed by atoms with E-state index in [2.05, 4.69) is 21.0 Å². The fourth-order valence-corrected chi connectivity index (χ4v) is 2.63. The predicted octanol–water partition coefficient (Wildman–Crippen LogP) is 2.82. The van der Waals surface area contributed by atoms with Crippen LogP contribution in [0, 0.1) is 0 Å². The average molecular weight is 353 g/mol. The molecule has 0 amide bonds. The SMILES string of the molecule is CCc1cc(Br)ccc1-n1cc(CCCO)c(C(=O)O)n1. The molecule has 1 heterocycles. The summed E-state index contributed by atoms with van der Waals surface area (Å²) in [5, 5.41) is 22.4. The molecule has 0 atom stereocenters. The second-order valence-electron chi connectivity index (χ2n) is 4.71. The van der Waals surface area contributed by atoms with E-state index in [1.807, 2.05) is 25.1 Å². The number of carbonyl (C=O) groups is 1. The average Bonchev–Trinajstić information content (AvgIpc) is 2.89. The highest BCUT2D eigenvalue weighted by Gasteiger charge is 2.17. The molecule has 0 bridgehead atoms. The van der Waals surface area contributed by atoms with Crippen LogP contribution in [0.25, 0.3) is 5.69 Å². The molecular formula is C15H17BrN2O3. The molecule has 0 aliphatic heterocycles. The summed E-state index contributed by atoms with van der Waals surface area (Å²) in [6, 6.07) is 5.83. The Morgan fingerprint density at radius 1 is 1.38 bits per heavy atom. The van der Waals surface area contributed by atoms with E-state index in [9.17, 15) is 9.90 Å². The quantitative estimate of drug-likeness (QED) is 0.838. The lowest BCUT2D eigenvalue weighted by Crippen LogP contribution is -2.04. The van der Waals surface area contributed by atoms with Crippen LogP contribution in [-0.4, -0.2) is 32.6 Å². The van der Waals surface area contributed by atoms with Gasteiger partial charge in [0.1, 0.15) is 0 Å². The van der Waals surface area contributed by atoms with Crippen LogP contribution < -0.4 is 0 Å². The maximum absolute atomic E-state index is 11.3. The van der Waals surface area contributed by atoms with Crippen molar-refractivity contribution in [3.05, 3.63) is 45.7 Å². The monoisotopic (exact) mass is 352 g/mol. The van der Waals surface area contributed by atoms with Crippen molar-refractivity contribution in [3.8, 4) is 5.69 Å². The topological polar surface area (TPSA) is 75.4 Å². The number of carboxylic acid groups (broad SMARTS) is 1. The number of nitrogens with zero attached hydrogens (tertiary/aromatic N) is 2. The van der Waals surface area contributed by atoms with E-state index in [-0.39, 0.29) is 12.3 Å². The standard InChI is InChI=1S/C15H17BrN2O3/c1-2-10-8-12(16)5-6-13(10)18-9-11(4-3-7-19)14(17-18)15(20)21/h5-6,8-9,19H,2-4,7H2,1H3,(H,20,21). The Bertz CT molecular complexity index is 652. The summed E-state index contributed by atoms with van der Waals surface area (Å²) in [4.78, 5) is 11.3. The second kappa shape index (κ2) is 6.87. The number of aliphatic hydroxyl groups is 1. The summed E-state index contributed by atoms with van der Waals surface area (Å²) >= 11 is 3.44. The zero-order valence-corrected chi connectivity index (χ0v) is 13.3. The van der Waals surface area contributed by atoms with E-state index < -0.39 is 5.97 Å². The Morgan fingerprint density at radius 3 is 2.76 bits per heavy atom. The van der Waals surface area contributed by atoms with Crippen molar-refractivity contribution in [1.29, 1.82) is 0 Å². The van der Waals surface area contributed by atoms with E-state index in [0.717, 1.165) is 22.1 Å². The number of halogens is 1. The first kappa shape index (κ1) is 15.7. The first-order valence-corrected chi connectivity index (χ1v) is 7.57. The minimum atomic E-state index is -1.04. The number of aryl methyl sites for hydroxylation is 2. The molecule has 0 unspecified atom stereocenters. The fourth-order valence-electron chi connectivity index (χ4n) is 2.23. The van der Waals surface area contributed by atoms with Gasteiger partial charge in [-0.05, 0) is 43.0 Å². The third-order valence-electron chi connectivity index (χ3n) is 3.27. The van der Waals surface area contributed by atoms with Crippen LogP contribution in [0.1, 0.15) is 35.0 Å². The lowest BCUT2D eigenvalue weighted by Gasteiger charge is -2.08. The number of aromatic carboxylic acids is 1. The van der Waals surface area contributed by atoms with Crippen LogP contribution in [-0.2, 0) is 12.8 Å². The van der Waals surface area contributed by atoms with Crippen LogP contribution in [0.15, 0.2) is 28.9 Å². The van der Waals surface area contributed by atoms with Gasteiger partial charge in [0.25, 0.3) is 0 Å². The van der Waals surface area contributed by atoms with Crippen molar-refractivity contribution in [3.63, 3.8) is 0 Å². The van der Waals surface area contributed by atoms with E-state index >= 15 is 0 Å². The first-order chi connectivity index (χ1) is 10.1. The highest BCUT2D eigenvalue weighted by molar-refractivity contribution is 9.10. The van der Waals surface area contributed by atoms with Gasteiger partial charge in [-0.3, -0.25) is 0 Å². The molecule has 6 heteroatoms. The lowest BCUT2D eigenvalue weighted by atomic mass is 10.1. The molecule has 0 radical (unpaired) electrons. The molecule has 21 heavy (non-hydrogen) atoms. The van der Waals surface area contributed by atoms with Gasteiger partial charge in [-0.15, -0.1) is 0 Å². The third-order valence-corrected chi connectivity index (χ3v) is 3.76. The summed E-state index contributed by atoms with van der Waals surface area (Å²) < 4.78 is 2.59. The van der Waals surface area contributed by atoms with E-state index in [1.54, 1.807) is 10.9 Å². The van der Waals surface area contributed by atoms with Crippen molar-refractivity contribution in [1.82, 2.24) is 9.78 Å². The molecule has 0 aliphatic rings. The van der Waals surface area contributed by atoms with Crippen molar-refractivity contribution in [2.24, 2.45) is 0 Å². The smallest absolute Gasteiger partial charge is 0.356 e. The molecule has 1 aromatic heterocycles. The highest BCUT2D eigenvalue weighted by Crippen LogP contribution is 2.22. The van der Waals surface area contributed by atoms with Gasteiger partial charge in [-0.1, -0.05) is 22.9 Å². The number of carboxylic acids is 1. The number of benzene rings is 1. The third kappa shape index (κ3) is 3.51. The lowest BCUT2D eigenvalue weighted by molar-refractivity contribution is 0.0688. The Morgan fingerprint density at radius 2 is 2.14 bits per heavy atom. The van der Waals surface area contributed by atoms with Crippen LogP contribution in [0.3, 0.4) is 0 Å². The Kier molecular flexibility index (Phi) is 5.14. The number of aliphatic hydroxyl groups excluding tert-OH is 1. The molecule has 2 aromatic rings. The van der Waals surface area contributed by atoms with Crippen molar-refractivity contribution in [2.45, 2.75) is 26.2 Å². The molecule has 5 nitrogen and oxygen atoms in total. The van der Waals surface area contributed by atoms with Gasteiger partial charge in [-0.25, -0.2) is 9.48 Å². The van der Waals surface area contributed by atoms with E-state index in [0.29, 0.717) is 18.4 Å². The second-order valence-corrected chi connectivity index (χ2v) is 5.62. The molecule has 112 valence electrons. The molecule has 0 spiro atoms. The molecular weight excluding hydrogens is 336 g/mol. The summed E-state index contributed by atoms with van der Waals surface area (Å²) in [7, 11) is 0. The Labute approximate surface area is 131 Å². The Balaban J connectivity index is 2.47. The van der Waals surface area contributed by atoms with Crippen molar-refractivity contribution < 1.29 is 15.0 Å². The first-order valence-electron chi connectivity index (χ1n) is 6.78. The van der Waals surface area contributed by atoms with Crippen molar-refractivity contribution in [2.75, 3.05) is 6.61 Å². The van der Waals surface area contributed by atoms with Crippen molar-refractivity contribution >= 4 is 21.9 Å². The minimum Gasteiger partial charge on any atom is -0.476 e. The highest BCUT2D eigenvalue weighted by atomic mass is 79.9. The van der Waals surface area contributed by atoms with Gasteiger partial charge in [0.05, 0.1) is 5.69 Å². The number of rotatable bonds is 6. The van der Waals surface area contributed by atoms with Gasteiger partial charge in [0.2, 0.25) is 0 Å². The van der Waals surface area contributed by atoms with Gasteiger partial charge >= 0.3 is 5.97 Å². The maximum atomic E-state index is 11.3. The van der Waals surface area contributed by atoms with Crippen LogP contribution in [0.5, 0.6) is 0 Å². The summed E-state index contributed by atoms with van der Waals surface area (Å²) in [5.41, 5.74) is 2.64. The van der Waals surface area contributed by atoms with Gasteiger partial charge < -0.3 is 10.2 Å². The van der Waals surface area contributed by atoms with Crippen LogP contribution in [0.4, 0.5) is 0 Å². The fraction of sp³-hybridized carbons (Fsp3) is 0.333. The minimum absolute atomic E-state index is 0.0305. The van der Waals surface area contributed by atoms with Crippen LogP contribution in [0.2, 0.25) is 0 Å². The number of hydrogen-bond donors (Lipinski definition) is 2. The number of aromatic nitrogens is 2. The Hall–Kier alpha value is -1.66. The largest absolute Gasteiger partial charge is 0.476 e. The molecule has 0 fully saturated rings. The molecule has 1 aromatic carbocycles. The zero-order chi connectivity index (χ0) is 15.4. The molecule has 2 N–H and O–H groups in total. The predicted molar refractivity (Wildman–Crippen MR) is 83.0 cm³/mol. The molecule has 0 saturated heterocycles. The molecule has 0 aliphatic carbocycles. The van der Waals surface area contributed by atoms with E-state index in [1.165, 1.54) is 0 Å². The maximum Gasteiger partial charge on any atom is 0.356 e. The van der Waals surface area contributed by atoms with Gasteiger partial charge in [0.15, 0.2) is 5.69 Å². The van der Waals surface area contributed by atoms with Gasteiger partial charge in [-0.2, -0.15) is 5.10 Å².